The van der Waals surface area contributed by atoms with Crippen molar-refractivity contribution in [1.29, 1.82) is 0 Å². The Labute approximate surface area is 206 Å². The van der Waals surface area contributed by atoms with Gasteiger partial charge in [0.1, 0.15) is 4.21 Å². The average molecular weight is 523 g/mol. The second-order valence-corrected chi connectivity index (χ2v) is 11.6. The first-order chi connectivity index (χ1) is 15.8. The van der Waals surface area contributed by atoms with Crippen molar-refractivity contribution in [3.63, 3.8) is 0 Å². The number of sulfonamides is 1. The molecule has 10 heteroatoms. The van der Waals surface area contributed by atoms with Crippen molar-refractivity contribution >= 4 is 61.9 Å². The van der Waals surface area contributed by atoms with E-state index in [1.54, 1.807) is 53.9 Å². The molecular formula is C23H20Cl2N2O4S2. The van der Waals surface area contributed by atoms with E-state index in [1.165, 1.54) is 10.4 Å². The summed E-state index contributed by atoms with van der Waals surface area (Å²) in [5.41, 5.74) is 0.804. The minimum Gasteiger partial charge on any atom is -0.325 e. The molecule has 2 aromatic carbocycles. The van der Waals surface area contributed by atoms with Crippen LogP contribution in [0.15, 0.2) is 64.2 Å². The second kappa shape index (κ2) is 9.95. The number of amides is 1. The Morgan fingerprint density at radius 2 is 1.82 bits per heavy atom. The van der Waals surface area contributed by atoms with Crippen LogP contribution < -0.4 is 5.32 Å². The first-order valence-corrected chi connectivity index (χ1v) is 13.3. The fourth-order valence-corrected chi connectivity index (χ4v) is 6.81. The van der Waals surface area contributed by atoms with Gasteiger partial charge in [0.15, 0.2) is 5.78 Å². The Balaban J connectivity index is 1.55. The summed E-state index contributed by atoms with van der Waals surface area (Å²) in [6.45, 7) is 0.439. The molecule has 0 saturated carbocycles. The maximum absolute atomic E-state index is 13.1. The number of nitrogens with one attached hydrogen (secondary N) is 1. The van der Waals surface area contributed by atoms with Gasteiger partial charge in [-0.15, -0.1) is 11.3 Å². The van der Waals surface area contributed by atoms with Crippen molar-refractivity contribution in [1.82, 2.24) is 4.31 Å². The number of hydrogen-bond donors (Lipinski definition) is 1. The van der Waals surface area contributed by atoms with Crippen LogP contribution in [0.5, 0.6) is 0 Å². The molecule has 33 heavy (non-hydrogen) atoms. The van der Waals surface area contributed by atoms with E-state index in [9.17, 15) is 18.0 Å². The lowest BCUT2D eigenvalue weighted by Crippen LogP contribution is -2.43. The molecule has 0 aliphatic carbocycles. The predicted octanol–water partition coefficient (Wildman–Crippen LogP) is 5.33. The van der Waals surface area contributed by atoms with Crippen LogP contribution in [0.4, 0.5) is 5.69 Å². The molecule has 6 nitrogen and oxygen atoms in total. The highest BCUT2D eigenvalue weighted by molar-refractivity contribution is 7.91. The standard InChI is InChI=1S/C23H20Cl2N2O4S2/c24-16-9-10-20(18(13-16)22(28)17-6-1-2-7-19(17)25)26-23(29)15-5-3-11-27(14-15)33(30,31)21-8-4-12-32-21/h1-2,4,6-10,12-13,15H,3,5,11,14H2,(H,26,29). The van der Waals surface area contributed by atoms with E-state index in [1.807, 2.05) is 0 Å². The number of halogens is 2. The molecule has 1 N–H and O–H groups in total. The Morgan fingerprint density at radius 1 is 1.03 bits per heavy atom. The van der Waals surface area contributed by atoms with Gasteiger partial charge in [-0.2, -0.15) is 4.31 Å². The molecule has 1 aliphatic rings. The number of hydrogen-bond acceptors (Lipinski definition) is 5. The number of benzene rings is 2. The molecular weight excluding hydrogens is 503 g/mol. The number of carbonyl (C=O) groups is 2. The van der Waals surface area contributed by atoms with Crippen LogP contribution >= 0.6 is 34.5 Å². The van der Waals surface area contributed by atoms with E-state index < -0.39 is 15.9 Å². The summed E-state index contributed by atoms with van der Waals surface area (Å²) in [7, 11) is -3.64. The normalized spacial score (nSPS) is 17.0. The Kier molecular flexibility index (Phi) is 7.21. The molecule has 1 unspecified atom stereocenters. The maximum atomic E-state index is 13.1. The number of ketones is 1. The minimum atomic E-state index is -3.64. The highest BCUT2D eigenvalue weighted by Crippen LogP contribution is 2.29. The highest BCUT2D eigenvalue weighted by atomic mass is 35.5. The van der Waals surface area contributed by atoms with E-state index in [2.05, 4.69) is 5.32 Å². The zero-order valence-electron chi connectivity index (χ0n) is 17.3. The van der Waals surface area contributed by atoms with Crippen molar-refractivity contribution in [2.75, 3.05) is 18.4 Å². The molecule has 1 aliphatic heterocycles. The van der Waals surface area contributed by atoms with Crippen molar-refractivity contribution in [2.24, 2.45) is 5.92 Å². The fraction of sp³-hybridized carbons (Fsp3) is 0.217. The van der Waals surface area contributed by atoms with Crippen molar-refractivity contribution in [3.05, 3.63) is 81.1 Å². The van der Waals surface area contributed by atoms with Crippen LogP contribution in [0.3, 0.4) is 0 Å². The van der Waals surface area contributed by atoms with Gasteiger partial charge in [-0.05, 0) is 54.6 Å². The number of piperidine rings is 1. The monoisotopic (exact) mass is 522 g/mol. The molecule has 0 spiro atoms. The number of anilines is 1. The Hall–Kier alpha value is -2.23. The van der Waals surface area contributed by atoms with E-state index in [4.69, 9.17) is 23.2 Å². The summed E-state index contributed by atoms with van der Waals surface area (Å²) < 4.78 is 27.4. The van der Waals surface area contributed by atoms with Gasteiger partial charge in [0.05, 0.1) is 16.6 Å². The lowest BCUT2D eigenvalue weighted by atomic mass is 9.97. The van der Waals surface area contributed by atoms with Gasteiger partial charge >= 0.3 is 0 Å². The summed E-state index contributed by atoms with van der Waals surface area (Å²) in [5.74, 6) is -1.27. The summed E-state index contributed by atoms with van der Waals surface area (Å²) in [4.78, 5) is 26.2. The third-order valence-corrected chi connectivity index (χ3v) is 9.25. The van der Waals surface area contributed by atoms with E-state index >= 15 is 0 Å². The van der Waals surface area contributed by atoms with E-state index in [0.717, 1.165) is 11.3 Å². The third kappa shape index (κ3) is 5.15. The van der Waals surface area contributed by atoms with Gasteiger partial charge in [-0.1, -0.05) is 41.4 Å². The van der Waals surface area contributed by atoms with Gasteiger partial charge in [0, 0.05) is 29.2 Å². The van der Waals surface area contributed by atoms with Crippen molar-refractivity contribution in [3.8, 4) is 0 Å². The van der Waals surface area contributed by atoms with Crippen LogP contribution in [0.1, 0.15) is 28.8 Å². The molecule has 2 heterocycles. The topological polar surface area (TPSA) is 83.6 Å². The van der Waals surface area contributed by atoms with Gasteiger partial charge in [0.25, 0.3) is 10.0 Å². The van der Waals surface area contributed by atoms with Gasteiger partial charge in [-0.3, -0.25) is 9.59 Å². The first-order valence-electron chi connectivity index (χ1n) is 10.2. The quantitative estimate of drug-likeness (QED) is 0.443. The zero-order valence-corrected chi connectivity index (χ0v) is 20.5. The van der Waals surface area contributed by atoms with Crippen LogP contribution in [0, 0.1) is 5.92 Å². The van der Waals surface area contributed by atoms with E-state index in [0.29, 0.717) is 40.7 Å². The van der Waals surface area contributed by atoms with Gasteiger partial charge < -0.3 is 5.32 Å². The zero-order chi connectivity index (χ0) is 23.6. The molecule has 1 saturated heterocycles. The number of carbonyl (C=O) groups excluding carboxylic acids is 2. The summed E-state index contributed by atoms with van der Waals surface area (Å²) in [5, 5.41) is 5.15. The van der Waals surface area contributed by atoms with E-state index in [-0.39, 0.29) is 28.0 Å². The molecule has 1 aromatic heterocycles. The molecule has 3 aromatic rings. The van der Waals surface area contributed by atoms with Crippen LogP contribution in [-0.4, -0.2) is 37.5 Å². The fourth-order valence-electron chi connectivity index (χ4n) is 3.75. The van der Waals surface area contributed by atoms with Gasteiger partial charge in [0.2, 0.25) is 5.91 Å². The molecule has 1 atom stereocenters. The summed E-state index contributed by atoms with van der Waals surface area (Å²) in [6, 6.07) is 14.5. The molecule has 0 bridgehead atoms. The molecule has 1 fully saturated rings. The lowest BCUT2D eigenvalue weighted by molar-refractivity contribution is -0.120. The Morgan fingerprint density at radius 3 is 2.55 bits per heavy atom. The smallest absolute Gasteiger partial charge is 0.252 e. The predicted molar refractivity (Wildman–Crippen MR) is 131 cm³/mol. The largest absolute Gasteiger partial charge is 0.325 e. The van der Waals surface area contributed by atoms with Crippen LogP contribution in [0.2, 0.25) is 10.0 Å². The average Bonchev–Trinajstić information content (AvgIpc) is 3.36. The lowest BCUT2D eigenvalue weighted by Gasteiger charge is -2.31. The third-order valence-electron chi connectivity index (χ3n) is 5.45. The van der Waals surface area contributed by atoms with Gasteiger partial charge in [-0.25, -0.2) is 8.42 Å². The molecule has 0 radical (unpaired) electrons. The number of thiophene rings is 1. The minimum absolute atomic E-state index is 0.0768. The summed E-state index contributed by atoms with van der Waals surface area (Å²) in [6.07, 6.45) is 1.11. The Bertz CT molecular complexity index is 1290. The number of nitrogens with zero attached hydrogens (tertiary/aromatic N) is 1. The van der Waals surface area contributed by atoms with Crippen molar-refractivity contribution < 1.29 is 18.0 Å². The van der Waals surface area contributed by atoms with Crippen LogP contribution in [0.25, 0.3) is 0 Å². The second-order valence-electron chi connectivity index (χ2n) is 7.62. The molecule has 4 rings (SSSR count). The molecule has 172 valence electrons. The van der Waals surface area contributed by atoms with Crippen LogP contribution in [-0.2, 0) is 14.8 Å². The number of rotatable bonds is 6. The highest BCUT2D eigenvalue weighted by Gasteiger charge is 2.34. The summed E-state index contributed by atoms with van der Waals surface area (Å²) >= 11 is 13.5. The SMILES string of the molecule is O=C(c1ccccc1Cl)c1cc(Cl)ccc1NC(=O)C1CCCN(S(=O)(=O)c2cccs2)C1. The first kappa shape index (κ1) is 23.9. The maximum Gasteiger partial charge on any atom is 0.252 e. The molecule has 1 amide bonds. The van der Waals surface area contributed by atoms with Crippen molar-refractivity contribution in [2.45, 2.75) is 17.1 Å².